The molecule has 31 heavy (non-hydrogen) atoms. The summed E-state index contributed by atoms with van der Waals surface area (Å²) in [6, 6.07) is 7.82. The molecule has 0 atom stereocenters. The van der Waals surface area contributed by atoms with Gasteiger partial charge in [0.15, 0.2) is 17.2 Å². The standard InChI is InChI=1S/C24H32O6Si/c1-24(2,3)31(7,8)30-18-12-10-16(13-19(18)25-4)9-11-17-14-20(26-5)22-23(21(17)27-6)29-15-28-22/h9-14H,15H2,1-8H3/b11-9+. The Kier molecular flexibility index (Phi) is 6.45. The number of fused-ring (bicyclic) bond motifs is 1. The number of ether oxygens (including phenoxy) is 5. The quantitative estimate of drug-likeness (QED) is 0.386. The van der Waals surface area contributed by atoms with Gasteiger partial charge in [0.1, 0.15) is 5.75 Å². The molecule has 0 fully saturated rings. The van der Waals surface area contributed by atoms with Crippen LogP contribution in [0.2, 0.25) is 18.1 Å². The Morgan fingerprint density at radius 3 is 2.13 bits per heavy atom. The lowest BCUT2D eigenvalue weighted by atomic mass is 10.1. The van der Waals surface area contributed by atoms with Gasteiger partial charge >= 0.3 is 0 Å². The van der Waals surface area contributed by atoms with Crippen molar-refractivity contribution in [3.63, 3.8) is 0 Å². The summed E-state index contributed by atoms with van der Waals surface area (Å²) in [5, 5.41) is 0.103. The Labute approximate surface area is 185 Å². The van der Waals surface area contributed by atoms with Gasteiger partial charge < -0.3 is 28.1 Å². The van der Waals surface area contributed by atoms with Crippen LogP contribution in [-0.4, -0.2) is 36.4 Å². The molecule has 2 aromatic carbocycles. The van der Waals surface area contributed by atoms with Crippen LogP contribution < -0.4 is 28.1 Å². The first-order chi connectivity index (χ1) is 14.6. The third kappa shape index (κ3) is 4.61. The predicted molar refractivity (Wildman–Crippen MR) is 125 cm³/mol. The van der Waals surface area contributed by atoms with Gasteiger partial charge in [-0.05, 0) is 41.9 Å². The first-order valence-electron chi connectivity index (χ1n) is 10.2. The van der Waals surface area contributed by atoms with E-state index in [4.69, 9.17) is 28.1 Å². The van der Waals surface area contributed by atoms with Crippen LogP contribution >= 0.6 is 0 Å². The minimum atomic E-state index is -1.97. The number of methoxy groups -OCH3 is 3. The number of hydrogen-bond acceptors (Lipinski definition) is 6. The van der Waals surface area contributed by atoms with Gasteiger partial charge in [-0.15, -0.1) is 0 Å². The average Bonchev–Trinajstić information content (AvgIpc) is 3.20. The summed E-state index contributed by atoms with van der Waals surface area (Å²) < 4.78 is 34.2. The maximum atomic E-state index is 6.45. The summed E-state index contributed by atoms with van der Waals surface area (Å²) in [7, 11) is 2.90. The molecule has 0 aromatic heterocycles. The van der Waals surface area contributed by atoms with Gasteiger partial charge in [-0.1, -0.05) is 39.0 Å². The molecule has 1 aliphatic heterocycles. The SMILES string of the molecule is COc1cc(/C=C/c2cc(OC)c3c(c2OC)OCO3)ccc1O[Si](C)(C)C(C)(C)C. The van der Waals surface area contributed by atoms with Crippen molar-refractivity contribution in [2.45, 2.75) is 38.9 Å². The van der Waals surface area contributed by atoms with Crippen LogP contribution in [0.5, 0.6) is 34.5 Å². The molecule has 2 aromatic rings. The monoisotopic (exact) mass is 444 g/mol. The van der Waals surface area contributed by atoms with Gasteiger partial charge in [0.2, 0.25) is 18.3 Å². The third-order valence-electron chi connectivity index (χ3n) is 5.83. The number of benzene rings is 2. The van der Waals surface area contributed by atoms with E-state index in [-0.39, 0.29) is 11.8 Å². The fourth-order valence-electron chi connectivity index (χ4n) is 3.01. The van der Waals surface area contributed by atoms with E-state index in [2.05, 4.69) is 33.9 Å². The zero-order valence-electron chi connectivity index (χ0n) is 19.6. The van der Waals surface area contributed by atoms with Gasteiger partial charge in [-0.25, -0.2) is 0 Å². The van der Waals surface area contributed by atoms with Gasteiger partial charge in [0, 0.05) is 5.56 Å². The second-order valence-corrected chi connectivity index (χ2v) is 13.6. The Balaban J connectivity index is 1.92. The minimum absolute atomic E-state index is 0.103. The molecule has 0 radical (unpaired) electrons. The summed E-state index contributed by atoms with van der Waals surface area (Å²) in [6.07, 6.45) is 3.94. The second-order valence-electron chi connectivity index (χ2n) is 8.87. The lowest BCUT2D eigenvalue weighted by Gasteiger charge is -2.36. The van der Waals surface area contributed by atoms with Gasteiger partial charge in [0.25, 0.3) is 8.32 Å². The molecule has 0 aliphatic carbocycles. The summed E-state index contributed by atoms with van der Waals surface area (Å²) in [6.45, 7) is 11.2. The average molecular weight is 445 g/mol. The maximum absolute atomic E-state index is 6.45. The van der Waals surface area contributed by atoms with Gasteiger partial charge in [-0.2, -0.15) is 0 Å². The third-order valence-corrected chi connectivity index (χ3v) is 10.2. The largest absolute Gasteiger partial charge is 0.541 e. The van der Waals surface area contributed by atoms with E-state index in [9.17, 15) is 0 Å². The molecule has 0 amide bonds. The molecule has 0 spiro atoms. The first-order valence-corrected chi connectivity index (χ1v) is 13.1. The predicted octanol–water partition coefficient (Wildman–Crippen LogP) is 6.00. The van der Waals surface area contributed by atoms with Crippen molar-refractivity contribution < 1.29 is 28.1 Å². The minimum Gasteiger partial charge on any atom is -0.541 e. The zero-order chi connectivity index (χ0) is 22.8. The lowest BCUT2D eigenvalue weighted by molar-refractivity contribution is 0.168. The van der Waals surface area contributed by atoms with E-state index in [1.165, 1.54) is 0 Å². The molecule has 3 rings (SSSR count). The summed E-state index contributed by atoms with van der Waals surface area (Å²) in [5.41, 5.74) is 1.79. The molecule has 1 heterocycles. The Morgan fingerprint density at radius 2 is 1.52 bits per heavy atom. The van der Waals surface area contributed by atoms with Gasteiger partial charge in [0.05, 0.1) is 21.3 Å². The summed E-state index contributed by atoms with van der Waals surface area (Å²) in [5.74, 6) is 3.80. The normalized spacial score (nSPS) is 13.4. The molecule has 0 saturated heterocycles. The van der Waals surface area contributed by atoms with E-state index in [1.807, 2.05) is 36.4 Å². The smallest absolute Gasteiger partial charge is 0.250 e. The van der Waals surface area contributed by atoms with Crippen molar-refractivity contribution in [2.24, 2.45) is 0 Å². The van der Waals surface area contributed by atoms with Crippen molar-refractivity contribution in [1.29, 1.82) is 0 Å². The van der Waals surface area contributed by atoms with Crippen LogP contribution in [0.4, 0.5) is 0 Å². The Morgan fingerprint density at radius 1 is 0.839 bits per heavy atom. The van der Waals surface area contributed by atoms with E-state index in [0.29, 0.717) is 28.7 Å². The van der Waals surface area contributed by atoms with Crippen molar-refractivity contribution in [1.82, 2.24) is 0 Å². The van der Waals surface area contributed by atoms with Crippen LogP contribution in [0.1, 0.15) is 31.9 Å². The van der Waals surface area contributed by atoms with E-state index in [0.717, 1.165) is 16.9 Å². The highest BCUT2D eigenvalue weighted by molar-refractivity contribution is 6.74. The fourth-order valence-corrected chi connectivity index (χ4v) is 4.03. The maximum Gasteiger partial charge on any atom is 0.250 e. The van der Waals surface area contributed by atoms with Crippen molar-refractivity contribution in [2.75, 3.05) is 28.1 Å². The van der Waals surface area contributed by atoms with Crippen LogP contribution in [-0.2, 0) is 0 Å². The molecule has 7 heteroatoms. The molecular weight excluding hydrogens is 412 g/mol. The van der Waals surface area contributed by atoms with E-state index in [1.54, 1.807) is 21.3 Å². The summed E-state index contributed by atoms with van der Waals surface area (Å²) in [4.78, 5) is 0. The summed E-state index contributed by atoms with van der Waals surface area (Å²) >= 11 is 0. The fraction of sp³-hybridized carbons (Fsp3) is 0.417. The van der Waals surface area contributed by atoms with Crippen molar-refractivity contribution in [3.8, 4) is 34.5 Å². The Hall–Kier alpha value is -2.80. The molecule has 0 saturated carbocycles. The van der Waals surface area contributed by atoms with Crippen LogP contribution in [0.3, 0.4) is 0 Å². The first kappa shape index (κ1) is 22.9. The van der Waals surface area contributed by atoms with Crippen molar-refractivity contribution in [3.05, 3.63) is 35.4 Å². The van der Waals surface area contributed by atoms with Gasteiger partial charge in [-0.3, -0.25) is 0 Å². The lowest BCUT2D eigenvalue weighted by Crippen LogP contribution is -2.43. The van der Waals surface area contributed by atoms with E-state index >= 15 is 0 Å². The molecule has 0 unspecified atom stereocenters. The van der Waals surface area contributed by atoms with Crippen LogP contribution in [0.25, 0.3) is 12.2 Å². The highest BCUT2D eigenvalue weighted by Crippen LogP contribution is 2.50. The molecular formula is C24H32O6Si. The number of rotatable bonds is 7. The highest BCUT2D eigenvalue weighted by atomic mass is 28.4. The molecule has 1 aliphatic rings. The molecule has 0 N–H and O–H groups in total. The molecule has 168 valence electrons. The zero-order valence-corrected chi connectivity index (χ0v) is 20.6. The number of hydrogen-bond donors (Lipinski definition) is 0. The van der Waals surface area contributed by atoms with Crippen LogP contribution in [0.15, 0.2) is 24.3 Å². The highest BCUT2D eigenvalue weighted by Gasteiger charge is 2.39. The van der Waals surface area contributed by atoms with Crippen LogP contribution in [0, 0.1) is 0 Å². The van der Waals surface area contributed by atoms with E-state index < -0.39 is 8.32 Å². The topological polar surface area (TPSA) is 55.4 Å². The van der Waals surface area contributed by atoms with Crippen molar-refractivity contribution >= 4 is 20.5 Å². The Bertz CT molecular complexity index is 975. The molecule has 0 bridgehead atoms. The second kappa shape index (κ2) is 8.75. The molecule has 6 nitrogen and oxygen atoms in total.